The molecule has 0 bridgehead atoms. The molecule has 138 valence electrons. The lowest BCUT2D eigenvalue weighted by Crippen LogP contribution is -2.20. The largest absolute Gasteiger partial charge is 0.484 e. The molecule has 0 unspecified atom stereocenters. The molecule has 3 rings (SSSR count). The highest BCUT2D eigenvalue weighted by atomic mass is 16.5. The van der Waals surface area contributed by atoms with Gasteiger partial charge in [-0.25, -0.2) is 0 Å². The number of hydrogen-bond donors (Lipinski definition) is 2. The van der Waals surface area contributed by atoms with Gasteiger partial charge < -0.3 is 15.4 Å². The van der Waals surface area contributed by atoms with Gasteiger partial charge in [-0.05, 0) is 55.8 Å². The van der Waals surface area contributed by atoms with Crippen molar-refractivity contribution in [3.63, 3.8) is 0 Å². The van der Waals surface area contributed by atoms with E-state index in [-0.39, 0.29) is 12.5 Å². The standard InChI is InChI=1S/C23H24N2O2/c1-17-3-9-20(10-4-17)24-15-19-7-13-22(14-8-19)27-16-23(26)25-21-11-5-18(2)6-12-21/h3-14,24H,15-16H2,1-2H3,(H,25,26). The number of aryl methyl sites for hydroxylation is 2. The number of benzene rings is 3. The van der Waals surface area contributed by atoms with Crippen LogP contribution in [0.3, 0.4) is 0 Å². The van der Waals surface area contributed by atoms with Gasteiger partial charge in [-0.3, -0.25) is 4.79 Å². The lowest BCUT2D eigenvalue weighted by atomic mass is 10.2. The SMILES string of the molecule is Cc1ccc(NCc2ccc(OCC(=O)Nc3ccc(C)cc3)cc2)cc1. The summed E-state index contributed by atoms with van der Waals surface area (Å²) in [6, 6.07) is 23.7. The minimum absolute atomic E-state index is 0.0190. The minimum Gasteiger partial charge on any atom is -0.484 e. The van der Waals surface area contributed by atoms with Crippen molar-refractivity contribution < 1.29 is 9.53 Å². The lowest BCUT2D eigenvalue weighted by molar-refractivity contribution is -0.118. The third-order valence-electron chi connectivity index (χ3n) is 4.18. The molecule has 0 spiro atoms. The maximum absolute atomic E-state index is 12.0. The first kappa shape index (κ1) is 18.5. The molecule has 3 aromatic carbocycles. The highest BCUT2D eigenvalue weighted by Gasteiger charge is 2.04. The van der Waals surface area contributed by atoms with Crippen molar-refractivity contribution in [2.75, 3.05) is 17.2 Å². The Morgan fingerprint density at radius 3 is 1.93 bits per heavy atom. The fourth-order valence-electron chi connectivity index (χ4n) is 2.56. The van der Waals surface area contributed by atoms with Gasteiger partial charge in [-0.1, -0.05) is 47.5 Å². The number of anilines is 2. The van der Waals surface area contributed by atoms with Crippen LogP contribution in [-0.4, -0.2) is 12.5 Å². The van der Waals surface area contributed by atoms with Gasteiger partial charge in [0.25, 0.3) is 5.91 Å². The molecule has 4 nitrogen and oxygen atoms in total. The van der Waals surface area contributed by atoms with Crippen molar-refractivity contribution in [2.24, 2.45) is 0 Å². The second-order valence-electron chi connectivity index (χ2n) is 6.57. The average Bonchev–Trinajstić information content (AvgIpc) is 2.68. The van der Waals surface area contributed by atoms with Gasteiger partial charge in [0.2, 0.25) is 0 Å². The van der Waals surface area contributed by atoms with Crippen LogP contribution in [0, 0.1) is 13.8 Å². The molecule has 0 aromatic heterocycles. The van der Waals surface area contributed by atoms with E-state index in [2.05, 4.69) is 41.8 Å². The molecule has 4 heteroatoms. The summed E-state index contributed by atoms with van der Waals surface area (Å²) in [5.41, 5.74) is 5.40. The van der Waals surface area contributed by atoms with Gasteiger partial charge in [0.1, 0.15) is 5.75 Å². The Bertz CT molecular complexity index is 870. The normalized spacial score (nSPS) is 10.3. The molecule has 0 atom stereocenters. The molecule has 1 amide bonds. The van der Waals surface area contributed by atoms with Crippen molar-refractivity contribution in [1.29, 1.82) is 0 Å². The van der Waals surface area contributed by atoms with Crippen LogP contribution in [0.5, 0.6) is 5.75 Å². The number of rotatable bonds is 7. The van der Waals surface area contributed by atoms with Crippen LogP contribution in [0.25, 0.3) is 0 Å². The van der Waals surface area contributed by atoms with Gasteiger partial charge in [-0.2, -0.15) is 0 Å². The predicted octanol–water partition coefficient (Wildman–Crippen LogP) is 4.93. The van der Waals surface area contributed by atoms with Gasteiger partial charge in [0.15, 0.2) is 6.61 Å². The van der Waals surface area contributed by atoms with Crippen LogP contribution in [0.2, 0.25) is 0 Å². The Labute approximate surface area is 160 Å². The van der Waals surface area contributed by atoms with E-state index in [0.29, 0.717) is 5.75 Å². The summed E-state index contributed by atoms with van der Waals surface area (Å²) >= 11 is 0. The van der Waals surface area contributed by atoms with E-state index >= 15 is 0 Å². The van der Waals surface area contributed by atoms with Crippen molar-refractivity contribution in [3.05, 3.63) is 89.5 Å². The highest BCUT2D eigenvalue weighted by molar-refractivity contribution is 5.91. The van der Waals surface area contributed by atoms with Crippen LogP contribution < -0.4 is 15.4 Å². The fraction of sp³-hybridized carbons (Fsp3) is 0.174. The summed E-state index contributed by atoms with van der Waals surface area (Å²) in [5.74, 6) is 0.497. The van der Waals surface area contributed by atoms with Crippen molar-refractivity contribution in [2.45, 2.75) is 20.4 Å². The molecular weight excluding hydrogens is 336 g/mol. The zero-order valence-electron chi connectivity index (χ0n) is 15.7. The van der Waals surface area contributed by atoms with Crippen LogP contribution in [-0.2, 0) is 11.3 Å². The van der Waals surface area contributed by atoms with Crippen LogP contribution in [0.4, 0.5) is 11.4 Å². The first-order valence-corrected chi connectivity index (χ1v) is 8.97. The van der Waals surface area contributed by atoms with Crippen molar-refractivity contribution >= 4 is 17.3 Å². The summed E-state index contributed by atoms with van der Waals surface area (Å²) in [5, 5.41) is 6.20. The number of hydrogen-bond acceptors (Lipinski definition) is 3. The zero-order valence-corrected chi connectivity index (χ0v) is 15.7. The molecule has 3 aromatic rings. The van der Waals surface area contributed by atoms with Gasteiger partial charge >= 0.3 is 0 Å². The fourth-order valence-corrected chi connectivity index (χ4v) is 2.56. The molecule has 27 heavy (non-hydrogen) atoms. The summed E-state index contributed by atoms with van der Waals surface area (Å²) in [6.45, 7) is 4.80. The van der Waals surface area contributed by atoms with Gasteiger partial charge in [0.05, 0.1) is 0 Å². The third kappa shape index (κ3) is 5.89. The number of amides is 1. The maximum atomic E-state index is 12.0. The molecule has 0 aliphatic carbocycles. The Kier molecular flexibility index (Phi) is 6.10. The van der Waals surface area contributed by atoms with Crippen LogP contribution >= 0.6 is 0 Å². The Hall–Kier alpha value is -3.27. The first-order valence-electron chi connectivity index (χ1n) is 8.97. The van der Waals surface area contributed by atoms with Crippen molar-refractivity contribution in [3.8, 4) is 5.75 Å². The quantitative estimate of drug-likeness (QED) is 0.628. The van der Waals surface area contributed by atoms with Crippen LogP contribution in [0.1, 0.15) is 16.7 Å². The minimum atomic E-state index is -0.177. The first-order chi connectivity index (χ1) is 13.1. The third-order valence-corrected chi connectivity index (χ3v) is 4.18. The van der Waals surface area contributed by atoms with E-state index < -0.39 is 0 Å². The predicted molar refractivity (Wildman–Crippen MR) is 110 cm³/mol. The van der Waals surface area contributed by atoms with E-state index in [1.807, 2.05) is 55.5 Å². The maximum Gasteiger partial charge on any atom is 0.262 e. The van der Waals surface area contributed by atoms with Gasteiger partial charge in [0, 0.05) is 17.9 Å². The highest BCUT2D eigenvalue weighted by Crippen LogP contribution is 2.15. The van der Waals surface area contributed by atoms with Crippen LogP contribution in [0.15, 0.2) is 72.8 Å². The van der Waals surface area contributed by atoms with E-state index in [1.165, 1.54) is 5.56 Å². The molecule has 0 heterocycles. The summed E-state index contributed by atoms with van der Waals surface area (Å²) in [4.78, 5) is 12.0. The zero-order chi connectivity index (χ0) is 19.1. The molecular formula is C23H24N2O2. The van der Waals surface area contributed by atoms with Crippen molar-refractivity contribution in [1.82, 2.24) is 0 Å². The van der Waals surface area contributed by atoms with Gasteiger partial charge in [-0.15, -0.1) is 0 Å². The smallest absolute Gasteiger partial charge is 0.262 e. The Morgan fingerprint density at radius 2 is 1.33 bits per heavy atom. The number of carbonyl (C=O) groups excluding carboxylic acids is 1. The second kappa shape index (κ2) is 8.90. The lowest BCUT2D eigenvalue weighted by Gasteiger charge is -2.10. The molecule has 2 N–H and O–H groups in total. The Balaban J connectivity index is 1.45. The van der Waals surface area contributed by atoms with E-state index in [0.717, 1.165) is 29.0 Å². The molecule has 0 fully saturated rings. The average molecular weight is 360 g/mol. The summed E-state index contributed by atoms with van der Waals surface area (Å²) in [6.07, 6.45) is 0. The van der Waals surface area contributed by atoms with E-state index in [1.54, 1.807) is 0 Å². The molecule has 0 saturated carbocycles. The summed E-state index contributed by atoms with van der Waals surface area (Å²) < 4.78 is 5.56. The summed E-state index contributed by atoms with van der Waals surface area (Å²) in [7, 11) is 0. The molecule has 0 radical (unpaired) electrons. The number of carbonyl (C=O) groups is 1. The number of nitrogens with one attached hydrogen (secondary N) is 2. The molecule has 0 saturated heterocycles. The van der Waals surface area contributed by atoms with E-state index in [4.69, 9.17) is 4.74 Å². The monoisotopic (exact) mass is 360 g/mol. The second-order valence-corrected chi connectivity index (χ2v) is 6.57. The number of ether oxygens (including phenoxy) is 1. The van der Waals surface area contributed by atoms with E-state index in [9.17, 15) is 4.79 Å². The topological polar surface area (TPSA) is 50.4 Å². The molecule has 0 aliphatic rings. The Morgan fingerprint density at radius 1 is 0.778 bits per heavy atom. The molecule has 0 aliphatic heterocycles.